The van der Waals surface area contributed by atoms with E-state index in [-0.39, 0.29) is 34.8 Å². The van der Waals surface area contributed by atoms with Gasteiger partial charge in [-0.2, -0.15) is 5.23 Å². The summed E-state index contributed by atoms with van der Waals surface area (Å²) in [6.45, 7) is 3.57. The van der Waals surface area contributed by atoms with E-state index in [1.807, 2.05) is 13.0 Å². The van der Waals surface area contributed by atoms with Crippen molar-refractivity contribution in [2.45, 2.75) is 95.8 Å². The fourth-order valence-electron chi connectivity index (χ4n) is 9.16. The van der Waals surface area contributed by atoms with Crippen molar-refractivity contribution < 1.29 is 54.5 Å². The third-order valence-corrected chi connectivity index (χ3v) is 11.9. The molecule has 0 aromatic heterocycles. The zero-order valence-corrected chi connectivity index (χ0v) is 26.7. The van der Waals surface area contributed by atoms with E-state index in [0.29, 0.717) is 31.1 Å². The Morgan fingerprint density at radius 2 is 1.79 bits per heavy atom. The molecule has 5 rings (SSSR count). The van der Waals surface area contributed by atoms with Crippen molar-refractivity contribution in [2.24, 2.45) is 28.6 Å². The highest BCUT2D eigenvalue weighted by Crippen LogP contribution is 2.67. The van der Waals surface area contributed by atoms with Gasteiger partial charge >= 0.3 is 11.9 Å². The number of Topliss-reactive ketones (excluding diaryl/α,β-unsaturated/α-hetero) is 1. The van der Waals surface area contributed by atoms with E-state index in [2.05, 4.69) is 12.2 Å². The lowest BCUT2D eigenvalue weighted by Crippen LogP contribution is -2.99. The second kappa shape index (κ2) is 13.2. The van der Waals surface area contributed by atoms with Crippen molar-refractivity contribution in [3.63, 3.8) is 0 Å². The molecule has 256 valence electrons. The van der Waals surface area contributed by atoms with Gasteiger partial charge in [-0.05, 0) is 79.8 Å². The first kappa shape index (κ1) is 34.8. The minimum absolute atomic E-state index is 0.0328. The smallest absolute Gasteiger partial charge is 0.329 e. The summed E-state index contributed by atoms with van der Waals surface area (Å²) in [5.41, 5.74) is -1.36. The number of rotatable bonds is 11. The topological polar surface area (TPSA) is 215 Å². The highest BCUT2D eigenvalue weighted by Gasteiger charge is 2.66. The Kier molecular flexibility index (Phi) is 9.78. The molecule has 1 aromatic carbocycles. The number of benzene rings is 1. The van der Waals surface area contributed by atoms with Gasteiger partial charge in [-0.25, -0.2) is 10.0 Å². The molecule has 0 radical (unpaired) electrons. The van der Waals surface area contributed by atoms with Gasteiger partial charge in [-0.15, -0.1) is 0 Å². The number of carbonyl (C=O) groups excluding carboxylic acids is 4. The van der Waals surface area contributed by atoms with Gasteiger partial charge < -0.3 is 30.6 Å². The number of aliphatic hydroxyl groups excluding tert-OH is 1. The van der Waals surface area contributed by atoms with Crippen LogP contribution in [0.15, 0.2) is 35.9 Å². The van der Waals surface area contributed by atoms with Gasteiger partial charge in [0, 0.05) is 30.4 Å². The number of aliphatic hydroxyl groups is 2. The number of hydrogen-bond acceptors (Lipinski definition) is 10. The van der Waals surface area contributed by atoms with Crippen LogP contribution >= 0.6 is 0 Å². The number of ketones is 2. The van der Waals surface area contributed by atoms with E-state index in [1.165, 1.54) is 23.8 Å². The zero-order chi connectivity index (χ0) is 34.3. The van der Waals surface area contributed by atoms with E-state index in [0.717, 1.165) is 31.7 Å². The van der Waals surface area contributed by atoms with Gasteiger partial charge in [0.1, 0.15) is 11.7 Å². The average Bonchev–Trinajstić information content (AvgIpc) is 3.32. The number of ether oxygens (including phenoxy) is 1. The number of nitrogens with one attached hydrogen (secondary N) is 2. The van der Waals surface area contributed by atoms with Crippen LogP contribution in [0.25, 0.3) is 0 Å². The average molecular weight is 657 g/mol. The fourth-order valence-corrected chi connectivity index (χ4v) is 9.16. The predicted octanol–water partition coefficient (Wildman–Crippen LogP) is 1.85. The van der Waals surface area contributed by atoms with E-state index in [4.69, 9.17) is 9.94 Å². The summed E-state index contributed by atoms with van der Waals surface area (Å²) in [5, 5.41) is 53.2. The Morgan fingerprint density at radius 3 is 2.49 bits per heavy atom. The second-order valence-corrected chi connectivity index (χ2v) is 14.2. The lowest BCUT2D eigenvalue weighted by molar-refractivity contribution is -0.991. The van der Waals surface area contributed by atoms with Gasteiger partial charge in [-0.3, -0.25) is 19.2 Å². The van der Waals surface area contributed by atoms with E-state index < -0.39 is 71.5 Å². The molecule has 1 amide bonds. The molecule has 3 saturated carbocycles. The van der Waals surface area contributed by atoms with Crippen molar-refractivity contribution in [1.29, 1.82) is 0 Å². The van der Waals surface area contributed by atoms with Gasteiger partial charge in [0.2, 0.25) is 11.7 Å². The largest absolute Gasteiger partial charge is 0.595 e. The van der Waals surface area contributed by atoms with Gasteiger partial charge in [0.05, 0.1) is 6.42 Å². The van der Waals surface area contributed by atoms with Crippen molar-refractivity contribution in [1.82, 2.24) is 5.32 Å². The molecule has 6 unspecified atom stereocenters. The molecule has 4 aliphatic carbocycles. The number of amides is 1. The molecule has 1 aromatic rings. The standard InChI is InChI=1S/C34H44N2O11/c1-32-13-10-22(37)17-20(32)6-7-23-24(32)11-14-33(2)25(23)12-15-34(33,44)26(38)18-47-28(40)9-8-27(39)35-29(31(42)43)30(41)19-4-3-5-21(16-19)36(45)46/h3-5,16-17,23-25,29-30,36,41,44-45H,6-15,18H2,1-2H3,(H,35,39)(H,42,43)/t23?,24?,25?,29?,30?,32-,33-,34-/m0/s1. The van der Waals surface area contributed by atoms with Crippen LogP contribution in [-0.2, 0) is 28.7 Å². The third-order valence-electron chi connectivity index (χ3n) is 11.9. The minimum Gasteiger partial charge on any atom is -0.595 e. The third kappa shape index (κ3) is 6.39. The van der Waals surface area contributed by atoms with Gasteiger partial charge in [-0.1, -0.05) is 31.6 Å². The molecule has 0 spiro atoms. The number of quaternary nitrogens is 1. The maximum atomic E-state index is 13.5. The summed E-state index contributed by atoms with van der Waals surface area (Å²) in [4.78, 5) is 62.4. The molecule has 4 aliphatic rings. The monoisotopic (exact) mass is 656 g/mol. The Morgan fingerprint density at radius 1 is 1.06 bits per heavy atom. The summed E-state index contributed by atoms with van der Waals surface area (Å²) >= 11 is 0. The number of fused-ring (bicyclic) bond motifs is 5. The number of carboxylic acids is 1. The number of hydrogen-bond donors (Lipinski definition) is 6. The van der Waals surface area contributed by atoms with Crippen molar-refractivity contribution in [3.8, 4) is 0 Å². The fraction of sp³-hybridized carbons (Fsp3) is 0.618. The molecule has 0 heterocycles. The first-order valence-corrected chi connectivity index (χ1v) is 16.3. The van der Waals surface area contributed by atoms with Crippen LogP contribution in [0.4, 0.5) is 5.69 Å². The minimum atomic E-state index is -1.82. The van der Waals surface area contributed by atoms with Crippen LogP contribution in [0.2, 0.25) is 0 Å². The molecular weight excluding hydrogens is 612 g/mol. The molecule has 3 fully saturated rings. The van der Waals surface area contributed by atoms with Crippen LogP contribution in [-0.4, -0.2) is 68.2 Å². The molecule has 6 N–H and O–H groups in total. The Balaban J connectivity index is 1.14. The van der Waals surface area contributed by atoms with Gasteiger partial charge in [0.15, 0.2) is 24.1 Å². The Hall–Kier alpha value is -3.49. The van der Waals surface area contributed by atoms with Crippen LogP contribution in [0, 0.1) is 33.8 Å². The van der Waals surface area contributed by atoms with Crippen molar-refractivity contribution in [2.75, 3.05) is 6.61 Å². The lowest BCUT2D eigenvalue weighted by Gasteiger charge is -2.58. The van der Waals surface area contributed by atoms with Crippen molar-refractivity contribution >= 4 is 35.1 Å². The van der Waals surface area contributed by atoms with E-state index >= 15 is 0 Å². The molecule has 13 nitrogen and oxygen atoms in total. The highest BCUT2D eigenvalue weighted by molar-refractivity contribution is 5.92. The number of aliphatic carboxylic acids is 1. The van der Waals surface area contributed by atoms with Crippen molar-refractivity contribution in [3.05, 3.63) is 46.7 Å². The zero-order valence-electron chi connectivity index (χ0n) is 26.7. The van der Waals surface area contributed by atoms with Crippen LogP contribution in [0.3, 0.4) is 0 Å². The maximum absolute atomic E-state index is 13.5. The second-order valence-electron chi connectivity index (χ2n) is 14.2. The quantitative estimate of drug-likeness (QED) is 0.149. The molecule has 13 heteroatoms. The summed E-state index contributed by atoms with van der Waals surface area (Å²) in [7, 11) is 0. The molecule has 0 saturated heterocycles. The molecular formula is C34H44N2O11. The number of allylic oxidation sites excluding steroid dienone is 1. The van der Waals surface area contributed by atoms with E-state index in [9.17, 15) is 44.5 Å². The number of esters is 1. The molecule has 0 aliphatic heterocycles. The van der Waals surface area contributed by atoms with Gasteiger partial charge in [0.25, 0.3) is 0 Å². The molecule has 9 atom stereocenters. The van der Waals surface area contributed by atoms with Crippen LogP contribution in [0.5, 0.6) is 0 Å². The lowest BCUT2D eigenvalue weighted by atomic mass is 9.46. The predicted molar refractivity (Wildman–Crippen MR) is 164 cm³/mol. The summed E-state index contributed by atoms with van der Waals surface area (Å²) < 4.78 is 5.18. The van der Waals surface area contributed by atoms with Crippen LogP contribution in [0.1, 0.15) is 89.7 Å². The normalized spacial score (nSPS) is 33.3. The first-order valence-electron chi connectivity index (χ1n) is 16.3. The molecule has 47 heavy (non-hydrogen) atoms. The number of carbonyl (C=O) groups is 5. The Labute approximate surface area is 272 Å². The van der Waals surface area contributed by atoms with E-state index in [1.54, 1.807) is 0 Å². The highest BCUT2D eigenvalue weighted by atomic mass is 16.8. The Bertz CT molecular complexity index is 1480. The summed E-state index contributed by atoms with van der Waals surface area (Å²) in [5.74, 6) is -2.90. The van der Waals surface area contributed by atoms with Crippen LogP contribution < -0.4 is 10.5 Å². The SMILES string of the molecule is C[C@]12CCC(=O)C=C1CCC1C2CC[C@@]2(C)C1CC[C@]2(O)C(=O)COC(=O)CCC(=O)NC(C(=O)O)C(O)c1cccc([NH+]([O-])O)c1. The molecule has 0 bridgehead atoms. The maximum Gasteiger partial charge on any atom is 0.329 e. The number of carboxylic acid groups (broad SMARTS) is 1. The summed E-state index contributed by atoms with van der Waals surface area (Å²) in [6, 6.07) is 3.20. The first-order chi connectivity index (χ1) is 22.1. The summed E-state index contributed by atoms with van der Waals surface area (Å²) in [6.07, 6.45) is 4.66.